The molecule has 0 aliphatic carbocycles. The summed E-state index contributed by atoms with van der Waals surface area (Å²) in [5.41, 5.74) is 8.56. The van der Waals surface area contributed by atoms with Crippen LogP contribution in [0.2, 0.25) is 0 Å². The van der Waals surface area contributed by atoms with Gasteiger partial charge in [0.05, 0.1) is 5.69 Å². The average Bonchev–Trinajstić information content (AvgIpc) is 2.57. The summed E-state index contributed by atoms with van der Waals surface area (Å²) in [5.74, 6) is 1.78. The molecule has 0 saturated carbocycles. The molecule has 0 radical (unpaired) electrons. The van der Waals surface area contributed by atoms with Crippen molar-refractivity contribution >= 4 is 11.5 Å². The van der Waals surface area contributed by atoms with Gasteiger partial charge in [0.2, 0.25) is 0 Å². The lowest BCUT2D eigenvalue weighted by Gasteiger charge is -2.30. The van der Waals surface area contributed by atoms with Gasteiger partial charge in [-0.2, -0.15) is 0 Å². The minimum atomic E-state index is 0.404. The molecule has 2 heterocycles. The Labute approximate surface area is 117 Å². The number of nitrogens with zero attached hydrogens (tertiary/aromatic N) is 2. The Morgan fingerprint density at radius 1 is 1.26 bits per heavy atom. The number of nitrogens with two attached hydrogens (primary N) is 1. The standard InChI is InChI=1S/C16H27N3/c1-12-7-9-18-15(14(12)17)19-10-5-6-13(8-11-19)16(2,3)4/h7,9,13H,5-6,8,10-11,17H2,1-4H3. The summed E-state index contributed by atoms with van der Waals surface area (Å²) >= 11 is 0. The zero-order chi connectivity index (χ0) is 14.0. The van der Waals surface area contributed by atoms with E-state index in [1.807, 2.05) is 12.3 Å². The Hall–Kier alpha value is -1.25. The molecule has 1 aliphatic rings. The molecule has 0 aromatic carbocycles. The minimum Gasteiger partial charge on any atom is -0.396 e. The monoisotopic (exact) mass is 261 g/mol. The van der Waals surface area contributed by atoms with Crippen LogP contribution in [0.1, 0.15) is 45.6 Å². The smallest absolute Gasteiger partial charge is 0.152 e. The van der Waals surface area contributed by atoms with Crippen LogP contribution in [0.5, 0.6) is 0 Å². The summed E-state index contributed by atoms with van der Waals surface area (Å²) < 4.78 is 0. The van der Waals surface area contributed by atoms with Crippen molar-refractivity contribution in [3.8, 4) is 0 Å². The first-order valence-corrected chi connectivity index (χ1v) is 7.35. The Morgan fingerprint density at radius 3 is 2.68 bits per heavy atom. The highest BCUT2D eigenvalue weighted by Crippen LogP contribution is 2.35. The van der Waals surface area contributed by atoms with Crippen LogP contribution < -0.4 is 10.6 Å². The molecular weight excluding hydrogens is 234 g/mol. The zero-order valence-corrected chi connectivity index (χ0v) is 12.7. The topological polar surface area (TPSA) is 42.2 Å². The minimum absolute atomic E-state index is 0.404. The quantitative estimate of drug-likeness (QED) is 0.839. The molecule has 0 spiro atoms. The zero-order valence-electron chi connectivity index (χ0n) is 12.7. The summed E-state index contributed by atoms with van der Waals surface area (Å²) in [4.78, 5) is 6.86. The average molecular weight is 261 g/mol. The van der Waals surface area contributed by atoms with Gasteiger partial charge in [-0.1, -0.05) is 20.8 Å². The SMILES string of the molecule is Cc1ccnc(N2CCCC(C(C)(C)C)CC2)c1N. The summed E-state index contributed by atoms with van der Waals surface area (Å²) in [6.45, 7) is 11.3. The predicted molar refractivity (Wildman–Crippen MR) is 82.4 cm³/mol. The third-order valence-corrected chi connectivity index (χ3v) is 4.44. The lowest BCUT2D eigenvalue weighted by Crippen LogP contribution is -2.27. The highest BCUT2D eigenvalue weighted by molar-refractivity contribution is 5.66. The highest BCUT2D eigenvalue weighted by Gasteiger charge is 2.27. The Bertz CT molecular complexity index is 434. The van der Waals surface area contributed by atoms with Gasteiger partial charge in [-0.15, -0.1) is 0 Å². The van der Waals surface area contributed by atoms with Gasteiger partial charge in [-0.25, -0.2) is 4.98 Å². The Balaban J connectivity index is 2.13. The molecule has 1 aromatic heterocycles. The summed E-state index contributed by atoms with van der Waals surface area (Å²) in [5, 5.41) is 0. The van der Waals surface area contributed by atoms with Crippen LogP contribution in [0.4, 0.5) is 11.5 Å². The molecule has 1 saturated heterocycles. The Morgan fingerprint density at radius 2 is 2.00 bits per heavy atom. The van der Waals surface area contributed by atoms with Crippen molar-refractivity contribution < 1.29 is 0 Å². The number of aromatic nitrogens is 1. The van der Waals surface area contributed by atoms with Gasteiger partial charge in [-0.3, -0.25) is 0 Å². The van der Waals surface area contributed by atoms with Crippen molar-refractivity contribution in [3.05, 3.63) is 17.8 Å². The third kappa shape index (κ3) is 3.20. The fourth-order valence-electron chi connectivity index (χ4n) is 2.98. The third-order valence-electron chi connectivity index (χ3n) is 4.44. The van der Waals surface area contributed by atoms with Crippen LogP contribution in [0.25, 0.3) is 0 Å². The van der Waals surface area contributed by atoms with Crippen LogP contribution >= 0.6 is 0 Å². The van der Waals surface area contributed by atoms with E-state index in [1.165, 1.54) is 19.3 Å². The lowest BCUT2D eigenvalue weighted by atomic mass is 9.77. The maximum atomic E-state index is 6.18. The Kier molecular flexibility index (Phi) is 4.02. The van der Waals surface area contributed by atoms with Crippen LogP contribution in [0.3, 0.4) is 0 Å². The van der Waals surface area contributed by atoms with E-state index in [2.05, 4.69) is 37.6 Å². The second-order valence-electron chi connectivity index (χ2n) is 6.85. The first-order valence-electron chi connectivity index (χ1n) is 7.35. The molecule has 1 atom stereocenters. The number of nitrogen functional groups attached to an aromatic ring is 1. The molecule has 2 N–H and O–H groups in total. The molecule has 3 heteroatoms. The largest absolute Gasteiger partial charge is 0.396 e. The fourth-order valence-corrected chi connectivity index (χ4v) is 2.98. The van der Waals surface area contributed by atoms with Gasteiger partial charge < -0.3 is 10.6 Å². The summed E-state index contributed by atoms with van der Waals surface area (Å²) in [6.07, 6.45) is 5.65. The van der Waals surface area contributed by atoms with Crippen molar-refractivity contribution in [2.75, 3.05) is 23.7 Å². The number of aryl methyl sites for hydroxylation is 1. The molecule has 1 fully saturated rings. The molecule has 3 nitrogen and oxygen atoms in total. The van der Waals surface area contributed by atoms with E-state index < -0.39 is 0 Å². The van der Waals surface area contributed by atoms with Crippen molar-refractivity contribution in [2.24, 2.45) is 11.3 Å². The summed E-state index contributed by atoms with van der Waals surface area (Å²) in [6, 6.07) is 1.98. The normalized spacial score (nSPS) is 21.3. The van der Waals surface area contributed by atoms with Crippen molar-refractivity contribution in [2.45, 2.75) is 47.0 Å². The van der Waals surface area contributed by atoms with Gasteiger partial charge in [0.15, 0.2) is 5.82 Å². The number of pyridine rings is 1. The van der Waals surface area contributed by atoms with E-state index in [4.69, 9.17) is 5.73 Å². The van der Waals surface area contributed by atoms with Crippen LogP contribution in [0, 0.1) is 18.3 Å². The number of rotatable bonds is 1. The first kappa shape index (κ1) is 14.2. The molecule has 1 aliphatic heterocycles. The fraction of sp³-hybridized carbons (Fsp3) is 0.688. The molecule has 1 aromatic rings. The lowest BCUT2D eigenvalue weighted by molar-refractivity contribution is 0.220. The molecule has 2 rings (SSSR count). The van der Waals surface area contributed by atoms with Crippen LogP contribution in [-0.4, -0.2) is 18.1 Å². The van der Waals surface area contributed by atoms with E-state index in [0.717, 1.165) is 36.1 Å². The van der Waals surface area contributed by atoms with Crippen LogP contribution in [0.15, 0.2) is 12.3 Å². The van der Waals surface area contributed by atoms with Gasteiger partial charge in [0, 0.05) is 19.3 Å². The maximum absolute atomic E-state index is 6.18. The number of anilines is 2. The van der Waals surface area contributed by atoms with E-state index in [-0.39, 0.29) is 0 Å². The molecular formula is C16H27N3. The number of hydrogen-bond acceptors (Lipinski definition) is 3. The second kappa shape index (κ2) is 5.40. The maximum Gasteiger partial charge on any atom is 0.152 e. The van der Waals surface area contributed by atoms with Crippen molar-refractivity contribution in [1.29, 1.82) is 0 Å². The highest BCUT2D eigenvalue weighted by atomic mass is 15.2. The molecule has 0 amide bonds. The second-order valence-corrected chi connectivity index (χ2v) is 6.85. The predicted octanol–water partition coefficient (Wildman–Crippen LogP) is 3.62. The molecule has 106 valence electrons. The van der Waals surface area contributed by atoms with E-state index in [1.54, 1.807) is 0 Å². The van der Waals surface area contributed by atoms with Gasteiger partial charge >= 0.3 is 0 Å². The van der Waals surface area contributed by atoms with Crippen molar-refractivity contribution in [3.63, 3.8) is 0 Å². The van der Waals surface area contributed by atoms with Gasteiger partial charge in [-0.05, 0) is 49.1 Å². The van der Waals surface area contributed by atoms with Crippen molar-refractivity contribution in [1.82, 2.24) is 4.98 Å². The molecule has 0 bridgehead atoms. The van der Waals surface area contributed by atoms with Gasteiger partial charge in [0.25, 0.3) is 0 Å². The van der Waals surface area contributed by atoms with E-state index in [0.29, 0.717) is 5.41 Å². The number of hydrogen-bond donors (Lipinski definition) is 1. The first-order chi connectivity index (χ1) is 8.89. The molecule has 19 heavy (non-hydrogen) atoms. The molecule has 1 unspecified atom stereocenters. The van der Waals surface area contributed by atoms with Gasteiger partial charge in [0.1, 0.15) is 0 Å². The van der Waals surface area contributed by atoms with Crippen LogP contribution in [-0.2, 0) is 0 Å². The van der Waals surface area contributed by atoms with E-state index >= 15 is 0 Å². The van der Waals surface area contributed by atoms with E-state index in [9.17, 15) is 0 Å². The summed E-state index contributed by atoms with van der Waals surface area (Å²) in [7, 11) is 0.